The summed E-state index contributed by atoms with van der Waals surface area (Å²) in [4.78, 5) is 25.1. The number of amides is 1. The molecular formula is C20H29ClFNO3S. The minimum absolute atomic E-state index is 0.0663. The first-order valence-electron chi connectivity index (χ1n) is 9.34. The van der Waals surface area contributed by atoms with E-state index in [0.29, 0.717) is 17.9 Å². The molecule has 2 unspecified atom stereocenters. The quantitative estimate of drug-likeness (QED) is 0.379. The second kappa shape index (κ2) is 11.5. The molecule has 0 fully saturated rings. The summed E-state index contributed by atoms with van der Waals surface area (Å²) in [5.41, 5.74) is 0.0663. The van der Waals surface area contributed by atoms with Crippen molar-refractivity contribution in [1.29, 1.82) is 0 Å². The van der Waals surface area contributed by atoms with E-state index in [9.17, 15) is 14.0 Å². The summed E-state index contributed by atoms with van der Waals surface area (Å²) in [5, 5.41) is 2.40. The molecule has 0 heterocycles. The summed E-state index contributed by atoms with van der Waals surface area (Å²) in [7, 11) is 0. The maximum atomic E-state index is 14.3. The Morgan fingerprint density at radius 2 is 1.89 bits per heavy atom. The van der Waals surface area contributed by atoms with Crippen LogP contribution in [0.15, 0.2) is 17.0 Å². The predicted molar refractivity (Wildman–Crippen MR) is 110 cm³/mol. The lowest BCUT2D eigenvalue weighted by atomic mass is 9.97. The van der Waals surface area contributed by atoms with E-state index in [4.69, 9.17) is 16.3 Å². The van der Waals surface area contributed by atoms with Crippen LogP contribution in [0.25, 0.3) is 0 Å². The fourth-order valence-corrected chi connectivity index (χ4v) is 3.67. The molecule has 2 atom stereocenters. The van der Waals surface area contributed by atoms with Gasteiger partial charge >= 0.3 is 5.97 Å². The van der Waals surface area contributed by atoms with Crippen molar-refractivity contribution >= 4 is 40.9 Å². The molecule has 4 nitrogen and oxygen atoms in total. The van der Waals surface area contributed by atoms with Gasteiger partial charge in [0.1, 0.15) is 11.1 Å². The van der Waals surface area contributed by atoms with E-state index in [-0.39, 0.29) is 34.4 Å². The van der Waals surface area contributed by atoms with Crippen molar-refractivity contribution in [3.63, 3.8) is 0 Å². The smallest absolute Gasteiger partial charge is 0.319 e. The number of thioether (sulfide) groups is 1. The molecule has 0 aromatic heterocycles. The van der Waals surface area contributed by atoms with Crippen LogP contribution in [0.1, 0.15) is 53.9 Å². The minimum Gasteiger partial charge on any atom is -0.465 e. The molecule has 0 spiro atoms. The second-order valence-corrected chi connectivity index (χ2v) is 8.50. The third kappa shape index (κ3) is 7.34. The molecule has 1 amide bonds. The van der Waals surface area contributed by atoms with E-state index < -0.39 is 11.1 Å². The largest absolute Gasteiger partial charge is 0.465 e. The van der Waals surface area contributed by atoms with Gasteiger partial charge in [-0.2, -0.15) is 0 Å². The van der Waals surface area contributed by atoms with E-state index >= 15 is 0 Å². The Bertz CT molecular complexity index is 654. The molecule has 0 aliphatic heterocycles. The highest BCUT2D eigenvalue weighted by molar-refractivity contribution is 8.00. The summed E-state index contributed by atoms with van der Waals surface area (Å²) in [6.07, 6.45) is 2.16. The standard InChI is InChI=1S/C20H29ClFNO3S/c1-6-8-17(20(25)26-9-7-2)27-18-11-16(15(22)10-14(18)21)23-19(24)13(5)12(3)4/h10-13,17H,6-9H2,1-5H3,(H,23,24). The van der Waals surface area contributed by atoms with Crippen LogP contribution in [0.5, 0.6) is 0 Å². The molecule has 7 heteroatoms. The number of esters is 1. The number of anilines is 1. The number of hydrogen-bond acceptors (Lipinski definition) is 4. The number of ether oxygens (including phenoxy) is 1. The Hall–Kier alpha value is -1.27. The molecule has 0 bridgehead atoms. The summed E-state index contributed by atoms with van der Waals surface area (Å²) in [6.45, 7) is 9.93. The number of halogens is 2. The normalized spacial score (nSPS) is 13.3. The van der Waals surface area contributed by atoms with Crippen molar-refractivity contribution < 1.29 is 18.7 Å². The van der Waals surface area contributed by atoms with E-state index in [2.05, 4.69) is 5.32 Å². The van der Waals surface area contributed by atoms with E-state index in [0.717, 1.165) is 12.8 Å². The van der Waals surface area contributed by atoms with Gasteiger partial charge in [0.25, 0.3) is 0 Å². The van der Waals surface area contributed by atoms with Crippen LogP contribution in [0, 0.1) is 17.7 Å². The third-order valence-corrected chi connectivity index (χ3v) is 5.95. The fourth-order valence-electron chi connectivity index (χ4n) is 2.20. The molecule has 27 heavy (non-hydrogen) atoms. The number of carbonyl (C=O) groups excluding carboxylic acids is 2. The molecule has 1 aromatic carbocycles. The number of nitrogens with one attached hydrogen (secondary N) is 1. The minimum atomic E-state index is -0.603. The lowest BCUT2D eigenvalue weighted by molar-refractivity contribution is -0.143. The summed E-state index contributed by atoms with van der Waals surface area (Å²) < 4.78 is 19.5. The molecule has 1 rings (SSSR count). The van der Waals surface area contributed by atoms with Crippen molar-refractivity contribution in [3.8, 4) is 0 Å². The monoisotopic (exact) mass is 417 g/mol. The maximum Gasteiger partial charge on any atom is 0.319 e. The van der Waals surface area contributed by atoms with E-state index in [1.807, 2.05) is 27.7 Å². The van der Waals surface area contributed by atoms with Gasteiger partial charge in [-0.1, -0.05) is 52.6 Å². The zero-order valence-corrected chi connectivity index (χ0v) is 18.2. The van der Waals surface area contributed by atoms with Crippen LogP contribution in [-0.4, -0.2) is 23.7 Å². The van der Waals surface area contributed by atoms with E-state index in [1.54, 1.807) is 6.92 Å². The SMILES string of the molecule is CCCOC(=O)C(CCC)Sc1cc(NC(=O)C(C)C(C)C)c(F)cc1Cl. The Balaban J connectivity index is 3.02. The van der Waals surface area contributed by atoms with Crippen molar-refractivity contribution in [3.05, 3.63) is 23.0 Å². The Morgan fingerprint density at radius 1 is 1.22 bits per heavy atom. The van der Waals surface area contributed by atoms with Crippen LogP contribution < -0.4 is 5.32 Å². The molecule has 1 aromatic rings. The first kappa shape index (κ1) is 23.8. The van der Waals surface area contributed by atoms with Gasteiger partial charge in [0.15, 0.2) is 0 Å². The van der Waals surface area contributed by atoms with Gasteiger partial charge in [-0.25, -0.2) is 4.39 Å². The Kier molecular flexibility index (Phi) is 10.2. The summed E-state index contributed by atoms with van der Waals surface area (Å²) >= 11 is 7.42. The molecule has 1 N–H and O–H groups in total. The van der Waals surface area contributed by atoms with Crippen LogP contribution in [-0.2, 0) is 14.3 Å². The zero-order valence-electron chi connectivity index (χ0n) is 16.6. The van der Waals surface area contributed by atoms with Crippen molar-refractivity contribution in [2.45, 2.75) is 64.0 Å². The van der Waals surface area contributed by atoms with Crippen LogP contribution >= 0.6 is 23.4 Å². The molecule has 0 aliphatic rings. The van der Waals surface area contributed by atoms with Gasteiger partial charge in [0.2, 0.25) is 5.91 Å². The van der Waals surface area contributed by atoms with Gasteiger partial charge < -0.3 is 10.1 Å². The molecular weight excluding hydrogens is 389 g/mol. The topological polar surface area (TPSA) is 55.4 Å². The highest BCUT2D eigenvalue weighted by atomic mass is 35.5. The lowest BCUT2D eigenvalue weighted by Gasteiger charge is -2.18. The zero-order chi connectivity index (χ0) is 20.6. The number of rotatable bonds is 10. The van der Waals surface area contributed by atoms with Gasteiger partial charge in [0.05, 0.1) is 17.3 Å². The van der Waals surface area contributed by atoms with E-state index in [1.165, 1.54) is 23.9 Å². The van der Waals surface area contributed by atoms with Gasteiger partial charge in [-0.3, -0.25) is 9.59 Å². The first-order valence-corrected chi connectivity index (χ1v) is 10.6. The number of benzene rings is 1. The van der Waals surface area contributed by atoms with Gasteiger partial charge in [-0.05, 0) is 30.9 Å². The highest BCUT2D eigenvalue weighted by Gasteiger charge is 2.24. The van der Waals surface area contributed by atoms with Crippen LogP contribution in [0.3, 0.4) is 0 Å². The predicted octanol–water partition coefficient (Wildman–Crippen LogP) is 5.92. The maximum absolute atomic E-state index is 14.3. The van der Waals surface area contributed by atoms with Crippen LogP contribution in [0.4, 0.5) is 10.1 Å². The number of hydrogen-bond donors (Lipinski definition) is 1. The fraction of sp³-hybridized carbons (Fsp3) is 0.600. The third-order valence-electron chi connectivity index (χ3n) is 4.22. The van der Waals surface area contributed by atoms with Crippen molar-refractivity contribution in [2.24, 2.45) is 11.8 Å². The molecule has 0 aliphatic carbocycles. The van der Waals surface area contributed by atoms with Crippen molar-refractivity contribution in [1.82, 2.24) is 0 Å². The molecule has 0 radical (unpaired) electrons. The summed E-state index contributed by atoms with van der Waals surface area (Å²) in [6, 6.07) is 2.66. The Morgan fingerprint density at radius 3 is 2.44 bits per heavy atom. The van der Waals surface area contributed by atoms with Crippen molar-refractivity contribution in [2.75, 3.05) is 11.9 Å². The van der Waals surface area contributed by atoms with Crippen LogP contribution in [0.2, 0.25) is 5.02 Å². The second-order valence-electron chi connectivity index (χ2n) is 6.85. The lowest BCUT2D eigenvalue weighted by Crippen LogP contribution is -2.25. The highest BCUT2D eigenvalue weighted by Crippen LogP contribution is 2.36. The molecule has 152 valence electrons. The number of carbonyl (C=O) groups is 2. The first-order chi connectivity index (χ1) is 12.7. The molecule has 0 saturated heterocycles. The summed E-state index contributed by atoms with van der Waals surface area (Å²) in [5.74, 6) is -1.28. The van der Waals surface area contributed by atoms with Gasteiger partial charge in [0, 0.05) is 10.8 Å². The average Bonchev–Trinajstić information content (AvgIpc) is 2.61. The van der Waals surface area contributed by atoms with Gasteiger partial charge in [-0.15, -0.1) is 11.8 Å². The average molecular weight is 418 g/mol. The Labute approximate surface area is 170 Å². The molecule has 0 saturated carbocycles.